The normalized spacial score (nSPS) is 13.8. The molecule has 0 saturated carbocycles. The van der Waals surface area contributed by atoms with Crippen LogP contribution in [0.25, 0.3) is 0 Å². The average Bonchev–Trinajstić information content (AvgIpc) is 3.28. The first kappa shape index (κ1) is 62.0. The Labute approximate surface area is 403 Å². The molecule has 0 amide bonds. The van der Waals surface area contributed by atoms with Gasteiger partial charge in [0.15, 0.2) is 12.4 Å². The number of aliphatic carboxylic acids is 1. The third kappa shape index (κ3) is 47.9. The van der Waals surface area contributed by atoms with Gasteiger partial charge >= 0.3 is 11.9 Å². The highest BCUT2D eigenvalue weighted by Gasteiger charge is 2.21. The number of unbranched alkanes of at least 4 members (excludes halogenated alkanes) is 12. The molecule has 9 heteroatoms. The summed E-state index contributed by atoms with van der Waals surface area (Å²) in [6.45, 7) is 4.54. The van der Waals surface area contributed by atoms with Crippen molar-refractivity contribution in [1.29, 1.82) is 0 Å². The van der Waals surface area contributed by atoms with Crippen molar-refractivity contribution in [2.75, 3.05) is 47.5 Å². The molecular formula is C57H93NO8. The quantitative estimate of drug-likeness (QED) is 0.0195. The second-order valence-electron chi connectivity index (χ2n) is 17.7. The van der Waals surface area contributed by atoms with Crippen LogP contribution in [0.15, 0.2) is 109 Å². The summed E-state index contributed by atoms with van der Waals surface area (Å²) >= 11 is 0. The van der Waals surface area contributed by atoms with Gasteiger partial charge in [0.25, 0.3) is 0 Å². The molecular weight excluding hydrogens is 827 g/mol. The molecule has 0 aromatic carbocycles. The molecule has 66 heavy (non-hydrogen) atoms. The number of carbonyl (C=O) groups excluding carboxylic acids is 3. The molecule has 0 aromatic heterocycles. The van der Waals surface area contributed by atoms with Crippen molar-refractivity contribution in [2.24, 2.45) is 0 Å². The van der Waals surface area contributed by atoms with E-state index >= 15 is 0 Å². The van der Waals surface area contributed by atoms with Crippen LogP contribution in [0.2, 0.25) is 0 Å². The fourth-order valence-corrected chi connectivity index (χ4v) is 6.35. The van der Waals surface area contributed by atoms with Gasteiger partial charge in [0.05, 0.1) is 40.3 Å². The zero-order valence-electron chi connectivity index (χ0n) is 42.3. The molecule has 0 aliphatic heterocycles. The first-order valence-electron chi connectivity index (χ1n) is 25.5. The number of nitrogens with zero attached hydrogens (tertiary/aromatic N) is 1. The van der Waals surface area contributed by atoms with E-state index in [4.69, 9.17) is 18.9 Å². The van der Waals surface area contributed by atoms with Gasteiger partial charge < -0.3 is 33.3 Å². The van der Waals surface area contributed by atoms with Gasteiger partial charge in [-0.2, -0.15) is 0 Å². The number of allylic oxidation sites excluding steroid dienone is 18. The molecule has 374 valence electrons. The summed E-state index contributed by atoms with van der Waals surface area (Å²) in [5.74, 6) is -2.33. The molecule has 0 N–H and O–H groups in total. The van der Waals surface area contributed by atoms with Gasteiger partial charge in [-0.1, -0.05) is 187 Å². The van der Waals surface area contributed by atoms with E-state index in [1.807, 2.05) is 21.1 Å². The van der Waals surface area contributed by atoms with Crippen LogP contribution in [0.4, 0.5) is 0 Å². The number of hydrogen-bond acceptors (Lipinski definition) is 8. The van der Waals surface area contributed by atoms with E-state index < -0.39 is 24.3 Å². The molecule has 9 nitrogen and oxygen atoms in total. The summed E-state index contributed by atoms with van der Waals surface area (Å²) in [6.07, 6.45) is 61.5. The van der Waals surface area contributed by atoms with Gasteiger partial charge in [-0.15, -0.1) is 0 Å². The molecule has 0 rings (SSSR count). The molecule has 0 heterocycles. The van der Waals surface area contributed by atoms with Gasteiger partial charge in [-0.3, -0.25) is 9.59 Å². The van der Waals surface area contributed by atoms with Crippen LogP contribution in [-0.2, 0) is 33.3 Å². The standard InChI is InChI=1S/C57H93NO8/c1-6-8-10-12-14-16-17-18-19-20-21-22-23-24-25-26-27-28-29-30-31-32-33-34-35-36-37-38-39-40-42-44-46-48-55(60)66-53(52-65-57(56(61)62)63-50-49-58(3,4)5)51-64-54(59)47-45-43-41-15-13-11-9-7-2/h8,10,14,16,18-19,21-22,24-25,27-28,30-31,33-34,36-37,53,57H,6-7,9,11-13,15,17,20,23,26,29,32,35,38-52H2,1-5H3/b10-8-,16-14-,19-18-,22-21-,25-24-,28-27-,31-30-,34-33-,37-36-. The van der Waals surface area contributed by atoms with E-state index in [0.29, 0.717) is 17.4 Å². The predicted molar refractivity (Wildman–Crippen MR) is 273 cm³/mol. The fourth-order valence-electron chi connectivity index (χ4n) is 6.35. The van der Waals surface area contributed by atoms with Gasteiger partial charge in [0.2, 0.25) is 0 Å². The largest absolute Gasteiger partial charge is 0.545 e. The number of ether oxygens (including phenoxy) is 4. The van der Waals surface area contributed by atoms with Gasteiger partial charge in [0.1, 0.15) is 13.2 Å². The molecule has 0 bridgehead atoms. The zero-order chi connectivity index (χ0) is 48.4. The number of rotatable bonds is 45. The zero-order valence-corrected chi connectivity index (χ0v) is 42.3. The number of quaternary nitrogens is 1. The maximum Gasteiger partial charge on any atom is 0.306 e. The summed E-state index contributed by atoms with van der Waals surface area (Å²) in [6, 6.07) is 0. The van der Waals surface area contributed by atoms with E-state index in [-0.39, 0.29) is 38.6 Å². The van der Waals surface area contributed by atoms with Crippen LogP contribution in [0, 0.1) is 0 Å². The highest BCUT2D eigenvalue weighted by molar-refractivity contribution is 5.70. The van der Waals surface area contributed by atoms with Crippen molar-refractivity contribution < 1.29 is 42.9 Å². The summed E-state index contributed by atoms with van der Waals surface area (Å²) < 4.78 is 22.5. The first-order valence-corrected chi connectivity index (χ1v) is 25.5. The minimum atomic E-state index is -1.63. The first-order chi connectivity index (χ1) is 32.1. The second kappa shape index (κ2) is 47.4. The number of carboxylic acids is 1. The van der Waals surface area contributed by atoms with Crippen LogP contribution in [0.3, 0.4) is 0 Å². The third-order valence-corrected chi connectivity index (χ3v) is 10.3. The van der Waals surface area contributed by atoms with Crippen molar-refractivity contribution in [1.82, 2.24) is 0 Å². The van der Waals surface area contributed by atoms with Gasteiger partial charge in [-0.25, -0.2) is 0 Å². The Morgan fingerprint density at radius 3 is 1.29 bits per heavy atom. The fraction of sp³-hybridized carbons (Fsp3) is 0.632. The summed E-state index contributed by atoms with van der Waals surface area (Å²) in [4.78, 5) is 36.9. The van der Waals surface area contributed by atoms with Crippen LogP contribution in [-0.4, -0.2) is 82.3 Å². The Morgan fingerprint density at radius 1 is 0.470 bits per heavy atom. The Morgan fingerprint density at radius 2 is 0.864 bits per heavy atom. The Bertz CT molecular complexity index is 1440. The maximum atomic E-state index is 12.8. The minimum absolute atomic E-state index is 0.138. The highest BCUT2D eigenvalue weighted by Crippen LogP contribution is 2.13. The van der Waals surface area contributed by atoms with E-state index in [1.165, 1.54) is 32.1 Å². The van der Waals surface area contributed by atoms with Crippen LogP contribution in [0.5, 0.6) is 0 Å². The second-order valence-corrected chi connectivity index (χ2v) is 17.7. The predicted octanol–water partition coefficient (Wildman–Crippen LogP) is 13.1. The Hall–Kier alpha value is -4.05. The van der Waals surface area contributed by atoms with E-state index in [2.05, 4.69) is 123 Å². The molecule has 0 radical (unpaired) electrons. The van der Waals surface area contributed by atoms with Crippen LogP contribution >= 0.6 is 0 Å². The number of likely N-dealkylation sites (N-methyl/N-ethyl adjacent to an activating group) is 1. The number of carboxylic acid groups (broad SMARTS) is 1. The van der Waals surface area contributed by atoms with E-state index in [0.717, 1.165) is 109 Å². The number of hydrogen-bond donors (Lipinski definition) is 0. The monoisotopic (exact) mass is 920 g/mol. The molecule has 0 aliphatic rings. The van der Waals surface area contributed by atoms with Crippen molar-refractivity contribution in [3.63, 3.8) is 0 Å². The summed E-state index contributed by atoms with van der Waals surface area (Å²) in [5.41, 5.74) is 0. The molecule has 0 aliphatic carbocycles. The smallest absolute Gasteiger partial charge is 0.306 e. The van der Waals surface area contributed by atoms with Crippen LogP contribution in [0.1, 0.15) is 174 Å². The lowest BCUT2D eigenvalue weighted by Gasteiger charge is -2.26. The topological polar surface area (TPSA) is 111 Å². The van der Waals surface area contributed by atoms with Crippen molar-refractivity contribution in [2.45, 2.75) is 187 Å². The summed E-state index contributed by atoms with van der Waals surface area (Å²) in [5, 5.41) is 11.7. The van der Waals surface area contributed by atoms with Crippen molar-refractivity contribution in [3.8, 4) is 0 Å². The van der Waals surface area contributed by atoms with Crippen LogP contribution < -0.4 is 5.11 Å². The average molecular weight is 920 g/mol. The lowest BCUT2D eigenvalue weighted by atomic mass is 10.1. The Kier molecular flexibility index (Phi) is 44.5. The third-order valence-electron chi connectivity index (χ3n) is 10.3. The molecule has 0 fully saturated rings. The van der Waals surface area contributed by atoms with Gasteiger partial charge in [0, 0.05) is 12.8 Å². The maximum absolute atomic E-state index is 12.8. The number of carbonyl (C=O) groups is 3. The Balaban J connectivity index is 4.25. The van der Waals surface area contributed by atoms with E-state index in [9.17, 15) is 19.5 Å². The van der Waals surface area contributed by atoms with Crippen molar-refractivity contribution in [3.05, 3.63) is 109 Å². The van der Waals surface area contributed by atoms with Gasteiger partial charge in [-0.05, 0) is 83.5 Å². The molecule has 2 atom stereocenters. The highest BCUT2D eigenvalue weighted by atomic mass is 16.7. The minimum Gasteiger partial charge on any atom is -0.545 e. The molecule has 0 aromatic rings. The summed E-state index contributed by atoms with van der Waals surface area (Å²) in [7, 11) is 5.89. The van der Waals surface area contributed by atoms with E-state index in [1.54, 1.807) is 0 Å². The SMILES string of the molecule is CC/C=C\C/C=C\C/C=C\C/C=C\C/C=C\C/C=C\C/C=C\C/C=C\C/C=C\CCCCCCCC(=O)OC(COC(=O)CCCCCCCCCC)COC(OCC[N+](C)(C)C)C(=O)[O-]. The lowest BCUT2D eigenvalue weighted by molar-refractivity contribution is -0.870. The number of esters is 2. The molecule has 0 saturated heterocycles. The van der Waals surface area contributed by atoms with Crippen molar-refractivity contribution >= 4 is 17.9 Å². The molecule has 0 spiro atoms. The lowest BCUT2D eigenvalue weighted by Crippen LogP contribution is -2.44. The molecule has 2 unspecified atom stereocenters.